The van der Waals surface area contributed by atoms with E-state index in [9.17, 15) is 4.79 Å². The van der Waals surface area contributed by atoms with E-state index in [-0.39, 0.29) is 5.91 Å². The molecule has 5 heteroatoms. The van der Waals surface area contributed by atoms with E-state index >= 15 is 0 Å². The Balaban J connectivity index is 2.88. The van der Waals surface area contributed by atoms with E-state index < -0.39 is 0 Å². The van der Waals surface area contributed by atoms with Crippen LogP contribution in [0, 0.1) is 6.92 Å². The Morgan fingerprint density at radius 1 is 1.67 bits per heavy atom. The van der Waals surface area contributed by atoms with Crippen LogP contribution < -0.4 is 5.32 Å². The van der Waals surface area contributed by atoms with Crippen molar-refractivity contribution in [2.75, 3.05) is 6.54 Å². The number of amides is 1. The molecule has 0 bridgehead atoms. The number of nitrogens with one attached hydrogen (secondary N) is 1. The second-order valence-electron chi connectivity index (χ2n) is 2.51. The minimum absolute atomic E-state index is 0.164. The van der Waals surface area contributed by atoms with Crippen LogP contribution in [0.5, 0.6) is 0 Å². The molecule has 0 fully saturated rings. The molecule has 0 saturated heterocycles. The molecular weight excluding hydrogens is 156 g/mol. The average molecular weight is 168 g/mol. The van der Waals surface area contributed by atoms with E-state index in [1.807, 2.05) is 13.8 Å². The summed E-state index contributed by atoms with van der Waals surface area (Å²) in [6.07, 6.45) is 0. The normalized spacial score (nSPS) is 9.92. The van der Waals surface area contributed by atoms with Gasteiger partial charge in [0.15, 0.2) is 5.69 Å². The zero-order valence-corrected chi connectivity index (χ0v) is 7.46. The number of hydrogen-bond acceptors (Lipinski definition) is 3. The molecule has 0 saturated carbocycles. The van der Waals surface area contributed by atoms with Crippen LogP contribution in [0.2, 0.25) is 0 Å². The summed E-state index contributed by atoms with van der Waals surface area (Å²) in [5.74, 6) is -0.164. The number of hydrogen-bond donors (Lipinski definition) is 1. The molecule has 1 aromatic heterocycles. The Bertz CT molecular complexity index is 292. The molecule has 12 heavy (non-hydrogen) atoms. The molecule has 0 unspecified atom stereocenters. The van der Waals surface area contributed by atoms with Gasteiger partial charge < -0.3 is 5.32 Å². The molecule has 1 amide bonds. The van der Waals surface area contributed by atoms with Gasteiger partial charge in [-0.2, -0.15) is 0 Å². The van der Waals surface area contributed by atoms with Gasteiger partial charge in [0, 0.05) is 13.6 Å². The minimum Gasteiger partial charge on any atom is -0.351 e. The maximum Gasteiger partial charge on any atom is 0.273 e. The third-order valence-electron chi connectivity index (χ3n) is 1.66. The van der Waals surface area contributed by atoms with Crippen LogP contribution in [-0.4, -0.2) is 27.4 Å². The van der Waals surface area contributed by atoms with Gasteiger partial charge in [0.25, 0.3) is 5.91 Å². The summed E-state index contributed by atoms with van der Waals surface area (Å²) < 4.78 is 1.57. The molecule has 0 aliphatic carbocycles. The second kappa shape index (κ2) is 3.34. The molecular formula is C7H12N4O. The summed E-state index contributed by atoms with van der Waals surface area (Å²) in [4.78, 5) is 11.3. The maximum absolute atomic E-state index is 11.3. The molecule has 5 nitrogen and oxygen atoms in total. The SMILES string of the molecule is CCNC(=O)c1nnn(C)c1C. The van der Waals surface area contributed by atoms with Crippen LogP contribution in [0.25, 0.3) is 0 Å². The largest absolute Gasteiger partial charge is 0.351 e. The maximum atomic E-state index is 11.3. The standard InChI is InChI=1S/C7H12N4O/c1-4-8-7(12)6-5(2)11(3)10-9-6/h4H2,1-3H3,(H,8,12). The number of aryl methyl sites for hydroxylation is 1. The predicted octanol–water partition coefficient (Wildman–Crippen LogP) is -0.127. The smallest absolute Gasteiger partial charge is 0.273 e. The lowest BCUT2D eigenvalue weighted by Crippen LogP contribution is -2.23. The zero-order chi connectivity index (χ0) is 9.14. The number of aromatic nitrogens is 3. The van der Waals surface area contributed by atoms with Gasteiger partial charge in [0.2, 0.25) is 0 Å². The first kappa shape index (κ1) is 8.70. The van der Waals surface area contributed by atoms with Crippen molar-refractivity contribution in [2.45, 2.75) is 13.8 Å². The first-order valence-electron chi connectivity index (χ1n) is 3.81. The molecule has 1 heterocycles. The Labute approximate surface area is 70.8 Å². The molecule has 0 aliphatic rings. The van der Waals surface area contributed by atoms with Crippen LogP contribution in [0.4, 0.5) is 0 Å². The van der Waals surface area contributed by atoms with E-state index in [0.29, 0.717) is 12.2 Å². The number of carbonyl (C=O) groups is 1. The van der Waals surface area contributed by atoms with E-state index in [0.717, 1.165) is 5.69 Å². The van der Waals surface area contributed by atoms with Gasteiger partial charge in [-0.15, -0.1) is 5.10 Å². The van der Waals surface area contributed by atoms with E-state index in [4.69, 9.17) is 0 Å². The van der Waals surface area contributed by atoms with Gasteiger partial charge in [-0.3, -0.25) is 9.48 Å². The highest BCUT2D eigenvalue weighted by Crippen LogP contribution is 2.00. The number of nitrogens with zero attached hydrogens (tertiary/aromatic N) is 3. The number of rotatable bonds is 2. The Morgan fingerprint density at radius 3 is 2.75 bits per heavy atom. The van der Waals surface area contributed by atoms with Crippen molar-refractivity contribution in [3.63, 3.8) is 0 Å². The third-order valence-corrected chi connectivity index (χ3v) is 1.66. The first-order valence-corrected chi connectivity index (χ1v) is 3.81. The lowest BCUT2D eigenvalue weighted by Gasteiger charge is -1.98. The highest BCUT2D eigenvalue weighted by molar-refractivity contribution is 5.93. The molecule has 1 rings (SSSR count). The van der Waals surface area contributed by atoms with Crippen molar-refractivity contribution in [1.29, 1.82) is 0 Å². The fraction of sp³-hybridized carbons (Fsp3) is 0.571. The van der Waals surface area contributed by atoms with Gasteiger partial charge in [0.1, 0.15) is 0 Å². The van der Waals surface area contributed by atoms with Crippen molar-refractivity contribution in [3.05, 3.63) is 11.4 Å². The van der Waals surface area contributed by atoms with Crippen molar-refractivity contribution < 1.29 is 4.79 Å². The summed E-state index contributed by atoms with van der Waals surface area (Å²) in [6, 6.07) is 0. The van der Waals surface area contributed by atoms with Crippen molar-refractivity contribution >= 4 is 5.91 Å². The summed E-state index contributed by atoms with van der Waals surface area (Å²) in [6.45, 7) is 4.28. The predicted molar refractivity (Wildman–Crippen MR) is 43.7 cm³/mol. The van der Waals surface area contributed by atoms with Crippen LogP contribution in [0.3, 0.4) is 0 Å². The highest BCUT2D eigenvalue weighted by Gasteiger charge is 2.12. The van der Waals surface area contributed by atoms with E-state index in [2.05, 4.69) is 15.6 Å². The topological polar surface area (TPSA) is 59.8 Å². The van der Waals surface area contributed by atoms with Crippen molar-refractivity contribution in [1.82, 2.24) is 20.3 Å². The lowest BCUT2D eigenvalue weighted by molar-refractivity contribution is 0.0950. The quantitative estimate of drug-likeness (QED) is 0.669. The molecule has 1 aromatic rings. The van der Waals surface area contributed by atoms with Crippen LogP contribution >= 0.6 is 0 Å². The van der Waals surface area contributed by atoms with E-state index in [1.54, 1.807) is 11.7 Å². The molecule has 0 radical (unpaired) electrons. The first-order chi connectivity index (χ1) is 5.66. The van der Waals surface area contributed by atoms with Gasteiger partial charge in [0.05, 0.1) is 5.69 Å². The molecule has 0 atom stereocenters. The molecule has 66 valence electrons. The van der Waals surface area contributed by atoms with Crippen LogP contribution in [0.15, 0.2) is 0 Å². The molecule has 0 aromatic carbocycles. The van der Waals surface area contributed by atoms with Gasteiger partial charge in [-0.1, -0.05) is 5.21 Å². The Kier molecular flexibility index (Phi) is 2.42. The summed E-state index contributed by atoms with van der Waals surface area (Å²) in [7, 11) is 1.76. The third kappa shape index (κ3) is 1.44. The molecule has 1 N–H and O–H groups in total. The van der Waals surface area contributed by atoms with Gasteiger partial charge >= 0.3 is 0 Å². The monoisotopic (exact) mass is 168 g/mol. The fourth-order valence-corrected chi connectivity index (χ4v) is 0.859. The summed E-state index contributed by atoms with van der Waals surface area (Å²) in [5, 5.41) is 10.1. The van der Waals surface area contributed by atoms with Gasteiger partial charge in [-0.05, 0) is 13.8 Å². The molecule has 0 aliphatic heterocycles. The zero-order valence-electron chi connectivity index (χ0n) is 7.46. The molecule has 0 spiro atoms. The Hall–Kier alpha value is -1.39. The van der Waals surface area contributed by atoms with Crippen LogP contribution in [-0.2, 0) is 7.05 Å². The van der Waals surface area contributed by atoms with Crippen molar-refractivity contribution in [3.8, 4) is 0 Å². The second-order valence-corrected chi connectivity index (χ2v) is 2.51. The fourth-order valence-electron chi connectivity index (χ4n) is 0.859. The summed E-state index contributed by atoms with van der Waals surface area (Å²) in [5.41, 5.74) is 1.18. The average Bonchev–Trinajstić information content (AvgIpc) is 2.34. The van der Waals surface area contributed by atoms with Gasteiger partial charge in [-0.25, -0.2) is 0 Å². The highest BCUT2D eigenvalue weighted by atomic mass is 16.2. The number of carbonyl (C=O) groups excluding carboxylic acids is 1. The Morgan fingerprint density at radius 2 is 2.33 bits per heavy atom. The summed E-state index contributed by atoms with van der Waals surface area (Å²) >= 11 is 0. The lowest BCUT2D eigenvalue weighted by atomic mass is 10.3. The van der Waals surface area contributed by atoms with Crippen molar-refractivity contribution in [2.24, 2.45) is 7.05 Å². The van der Waals surface area contributed by atoms with E-state index in [1.165, 1.54) is 0 Å². The minimum atomic E-state index is -0.164. The van der Waals surface area contributed by atoms with Crippen LogP contribution in [0.1, 0.15) is 23.1 Å².